The average Bonchev–Trinajstić information content (AvgIpc) is 2.54. The molecule has 1 aromatic heterocycles. The molecule has 9 heteroatoms. The van der Waals surface area contributed by atoms with Crippen LogP contribution in [0, 0.1) is 0 Å². The van der Waals surface area contributed by atoms with Gasteiger partial charge in [0.05, 0.1) is 11.2 Å². The second-order valence-corrected chi connectivity index (χ2v) is 8.81. The lowest BCUT2D eigenvalue weighted by atomic mass is 10.0. The molecule has 0 aliphatic carbocycles. The number of rotatable bonds is 2. The summed E-state index contributed by atoms with van der Waals surface area (Å²) in [6, 6.07) is 0. The number of ether oxygens (including phenoxy) is 1. The van der Waals surface area contributed by atoms with Gasteiger partial charge in [-0.1, -0.05) is 5.21 Å². The summed E-state index contributed by atoms with van der Waals surface area (Å²) in [5, 5.41) is 7.54. The van der Waals surface area contributed by atoms with E-state index >= 15 is 0 Å². The minimum atomic E-state index is -3.68. The fourth-order valence-electron chi connectivity index (χ4n) is 2.61. The largest absolute Gasteiger partial charge is 0.367 e. The molecular weight excluding hydrogens is 348 g/mol. The van der Waals surface area contributed by atoms with E-state index in [0.717, 1.165) is 0 Å². The first-order valence-corrected chi connectivity index (χ1v) is 8.43. The van der Waals surface area contributed by atoms with E-state index in [1.54, 1.807) is 7.05 Å². The van der Waals surface area contributed by atoms with Crippen LogP contribution in [0.2, 0.25) is 0 Å². The summed E-state index contributed by atoms with van der Waals surface area (Å²) in [6.45, 7) is 8.10. The maximum atomic E-state index is 12.8. The van der Waals surface area contributed by atoms with Gasteiger partial charge in [-0.05, 0) is 43.6 Å². The third-order valence-corrected chi connectivity index (χ3v) is 5.67. The van der Waals surface area contributed by atoms with Crippen LogP contribution in [-0.4, -0.2) is 52.0 Å². The average molecular weight is 367 g/mol. The van der Waals surface area contributed by atoms with E-state index in [1.807, 2.05) is 27.7 Å². The Morgan fingerprint density at radius 2 is 1.70 bits per heavy atom. The highest BCUT2D eigenvalue weighted by Gasteiger charge is 2.44. The minimum Gasteiger partial charge on any atom is -0.367 e. The normalized spacial score (nSPS) is 22.9. The van der Waals surface area contributed by atoms with Crippen molar-refractivity contribution >= 4 is 26.0 Å². The van der Waals surface area contributed by atoms with Crippen molar-refractivity contribution in [1.29, 1.82) is 0 Å². The van der Waals surface area contributed by atoms with E-state index in [-0.39, 0.29) is 22.7 Å². The zero-order chi connectivity index (χ0) is 15.3. The van der Waals surface area contributed by atoms with E-state index < -0.39 is 21.2 Å². The topological polar surface area (TPSA) is 77.3 Å². The summed E-state index contributed by atoms with van der Waals surface area (Å²) in [4.78, 5) is 0. The minimum absolute atomic E-state index is 0.0611. The SMILES string of the molecule is Cn1nnc(Br)c1S(=O)(=O)N1CC(C)(C)OC(C)(C)C1. The van der Waals surface area contributed by atoms with Crippen molar-refractivity contribution in [2.24, 2.45) is 7.05 Å². The number of aryl methyl sites for hydroxylation is 1. The molecule has 0 radical (unpaired) electrons. The highest BCUT2D eigenvalue weighted by Crippen LogP contribution is 2.32. The van der Waals surface area contributed by atoms with Gasteiger partial charge in [-0.3, -0.25) is 0 Å². The maximum Gasteiger partial charge on any atom is 0.263 e. The molecule has 114 valence electrons. The Morgan fingerprint density at radius 3 is 2.10 bits per heavy atom. The molecule has 0 atom stereocenters. The fraction of sp³-hybridized carbons (Fsp3) is 0.818. The molecule has 1 aliphatic rings. The van der Waals surface area contributed by atoms with E-state index in [0.29, 0.717) is 0 Å². The standard InChI is InChI=1S/C11H19BrN4O3S/c1-10(2)6-16(7-11(3,4)19-10)20(17,18)9-8(12)13-14-15(9)5/h6-7H2,1-5H3. The molecule has 0 spiro atoms. The van der Waals surface area contributed by atoms with Crippen LogP contribution >= 0.6 is 15.9 Å². The predicted molar refractivity (Wildman–Crippen MR) is 76.7 cm³/mol. The van der Waals surface area contributed by atoms with Crippen molar-refractivity contribution in [3.8, 4) is 0 Å². The highest BCUT2D eigenvalue weighted by molar-refractivity contribution is 9.10. The van der Waals surface area contributed by atoms with Crippen LogP contribution < -0.4 is 0 Å². The molecule has 2 rings (SSSR count). The van der Waals surface area contributed by atoms with Gasteiger partial charge in [-0.25, -0.2) is 13.1 Å². The second kappa shape index (κ2) is 4.75. The van der Waals surface area contributed by atoms with Gasteiger partial charge in [-0.2, -0.15) is 4.31 Å². The van der Waals surface area contributed by atoms with Gasteiger partial charge >= 0.3 is 0 Å². The Kier molecular flexibility index (Phi) is 3.77. The second-order valence-electron chi connectivity index (χ2n) is 6.20. The van der Waals surface area contributed by atoms with Gasteiger partial charge in [0.15, 0.2) is 4.60 Å². The lowest BCUT2D eigenvalue weighted by molar-refractivity contribution is -0.164. The van der Waals surface area contributed by atoms with Crippen molar-refractivity contribution in [2.45, 2.75) is 43.9 Å². The quantitative estimate of drug-likeness (QED) is 0.784. The Labute approximate surface area is 127 Å². The Bertz CT molecular complexity index is 588. The van der Waals surface area contributed by atoms with Crippen LogP contribution in [0.15, 0.2) is 9.63 Å². The lowest BCUT2D eigenvalue weighted by Crippen LogP contribution is -2.58. The predicted octanol–water partition coefficient (Wildman–Crippen LogP) is 1.16. The van der Waals surface area contributed by atoms with Gasteiger partial charge in [0.1, 0.15) is 0 Å². The summed E-state index contributed by atoms with van der Waals surface area (Å²) in [6.07, 6.45) is 0. The summed E-state index contributed by atoms with van der Waals surface area (Å²) in [5.41, 5.74) is -1.10. The zero-order valence-corrected chi connectivity index (χ0v) is 14.6. The van der Waals surface area contributed by atoms with Crippen LogP contribution in [0.4, 0.5) is 0 Å². The third kappa shape index (κ3) is 2.90. The van der Waals surface area contributed by atoms with E-state index in [4.69, 9.17) is 4.74 Å². The molecule has 7 nitrogen and oxygen atoms in total. The molecule has 0 unspecified atom stereocenters. The molecule has 2 heterocycles. The molecule has 0 amide bonds. The first kappa shape index (κ1) is 15.9. The third-order valence-electron chi connectivity index (χ3n) is 2.99. The van der Waals surface area contributed by atoms with E-state index in [9.17, 15) is 8.42 Å². The molecular formula is C11H19BrN4O3S. The molecule has 1 aromatic rings. The lowest BCUT2D eigenvalue weighted by Gasteiger charge is -2.46. The molecule has 0 N–H and O–H groups in total. The molecule has 20 heavy (non-hydrogen) atoms. The number of nitrogens with zero attached hydrogens (tertiary/aromatic N) is 4. The van der Waals surface area contributed by atoms with Crippen molar-refractivity contribution in [3.05, 3.63) is 4.60 Å². The smallest absolute Gasteiger partial charge is 0.263 e. The summed E-state index contributed by atoms with van der Waals surface area (Å²) in [7, 11) is -2.12. The van der Waals surface area contributed by atoms with Gasteiger partial charge in [0, 0.05) is 20.1 Å². The molecule has 1 saturated heterocycles. The number of sulfonamides is 1. The number of aromatic nitrogens is 3. The highest BCUT2D eigenvalue weighted by atomic mass is 79.9. The summed E-state index contributed by atoms with van der Waals surface area (Å²) >= 11 is 3.15. The first-order chi connectivity index (χ1) is 8.95. The van der Waals surface area contributed by atoms with Crippen LogP contribution in [-0.2, 0) is 21.8 Å². The van der Waals surface area contributed by atoms with Crippen molar-refractivity contribution in [3.63, 3.8) is 0 Å². The van der Waals surface area contributed by atoms with Crippen LogP contribution in [0.5, 0.6) is 0 Å². The van der Waals surface area contributed by atoms with Gasteiger partial charge in [0.2, 0.25) is 5.03 Å². The zero-order valence-electron chi connectivity index (χ0n) is 12.2. The van der Waals surface area contributed by atoms with Crippen molar-refractivity contribution < 1.29 is 13.2 Å². The van der Waals surface area contributed by atoms with E-state index in [1.165, 1.54) is 8.99 Å². The van der Waals surface area contributed by atoms with Gasteiger partial charge in [0.25, 0.3) is 10.0 Å². The first-order valence-electron chi connectivity index (χ1n) is 6.20. The number of morpholine rings is 1. The van der Waals surface area contributed by atoms with Crippen LogP contribution in [0.1, 0.15) is 27.7 Å². The Morgan fingerprint density at radius 1 is 1.20 bits per heavy atom. The van der Waals surface area contributed by atoms with Crippen molar-refractivity contribution in [2.75, 3.05) is 13.1 Å². The molecule has 0 aromatic carbocycles. The van der Waals surface area contributed by atoms with Gasteiger partial charge < -0.3 is 4.74 Å². The molecule has 0 saturated carbocycles. The van der Waals surface area contributed by atoms with Crippen LogP contribution in [0.3, 0.4) is 0 Å². The summed E-state index contributed by atoms with van der Waals surface area (Å²) in [5.74, 6) is 0. The Balaban J connectivity index is 2.45. The van der Waals surface area contributed by atoms with Crippen LogP contribution in [0.25, 0.3) is 0 Å². The number of halogens is 1. The van der Waals surface area contributed by atoms with E-state index in [2.05, 4.69) is 26.2 Å². The van der Waals surface area contributed by atoms with Gasteiger partial charge in [-0.15, -0.1) is 5.10 Å². The monoisotopic (exact) mass is 366 g/mol. The number of hydrogen-bond donors (Lipinski definition) is 0. The maximum absolute atomic E-state index is 12.8. The summed E-state index contributed by atoms with van der Waals surface area (Å²) < 4.78 is 34.4. The Hall–Kier alpha value is -0.510. The molecule has 1 fully saturated rings. The fourth-order valence-corrected chi connectivity index (χ4v) is 5.38. The van der Waals surface area contributed by atoms with Crippen molar-refractivity contribution in [1.82, 2.24) is 19.3 Å². The number of hydrogen-bond acceptors (Lipinski definition) is 5. The molecule has 1 aliphatic heterocycles. The molecule has 0 bridgehead atoms.